The highest BCUT2D eigenvalue weighted by Crippen LogP contribution is 2.22. The number of non-ortho nitro benzene ring substituents is 1. The average molecular weight is 283 g/mol. The van der Waals surface area contributed by atoms with Gasteiger partial charge in [0.1, 0.15) is 0 Å². The Bertz CT molecular complexity index is 511. The first kappa shape index (κ1) is 13.8. The van der Waals surface area contributed by atoms with E-state index in [1.807, 2.05) is 0 Å². The van der Waals surface area contributed by atoms with Crippen molar-refractivity contribution in [1.82, 2.24) is 4.90 Å². The predicted molar refractivity (Wildman–Crippen MR) is 72.6 cm³/mol. The number of hydrogen-bond donors (Lipinski definition) is 0. The fourth-order valence-corrected chi connectivity index (χ4v) is 2.37. The number of aryl methyl sites for hydroxylation is 1. The summed E-state index contributed by atoms with van der Waals surface area (Å²) in [5.74, 6) is -0.148. The van der Waals surface area contributed by atoms with Crippen molar-refractivity contribution in [2.75, 3.05) is 13.1 Å². The molecule has 1 aromatic rings. The van der Waals surface area contributed by atoms with E-state index in [1.54, 1.807) is 17.9 Å². The van der Waals surface area contributed by atoms with Crippen LogP contribution in [0, 0.1) is 17.0 Å². The minimum Gasteiger partial charge on any atom is -0.339 e. The molecule has 1 heterocycles. The van der Waals surface area contributed by atoms with Crippen LogP contribution in [0.1, 0.15) is 28.8 Å². The third-order valence-electron chi connectivity index (χ3n) is 3.37. The zero-order valence-corrected chi connectivity index (χ0v) is 11.4. The van der Waals surface area contributed by atoms with Crippen LogP contribution in [-0.4, -0.2) is 34.2 Å². The average Bonchev–Trinajstić information content (AvgIpc) is 2.39. The topological polar surface area (TPSA) is 63.5 Å². The van der Waals surface area contributed by atoms with Crippen molar-refractivity contribution in [1.29, 1.82) is 0 Å². The molecule has 0 saturated carbocycles. The van der Waals surface area contributed by atoms with E-state index < -0.39 is 4.92 Å². The van der Waals surface area contributed by atoms with E-state index in [9.17, 15) is 14.9 Å². The third-order valence-corrected chi connectivity index (χ3v) is 3.81. The lowest BCUT2D eigenvalue weighted by Gasteiger charge is -2.29. The SMILES string of the molecule is Cc1ccc([N+](=O)[O-])cc1C(=O)N1CCC(Cl)CC1. The number of nitrogens with zero attached hydrogens (tertiary/aromatic N) is 2. The summed E-state index contributed by atoms with van der Waals surface area (Å²) in [6.45, 7) is 3.00. The lowest BCUT2D eigenvalue weighted by molar-refractivity contribution is -0.384. The summed E-state index contributed by atoms with van der Waals surface area (Å²) in [5, 5.41) is 10.9. The van der Waals surface area contributed by atoms with Crippen molar-refractivity contribution in [2.24, 2.45) is 0 Å². The molecule has 2 rings (SSSR count). The van der Waals surface area contributed by atoms with Gasteiger partial charge >= 0.3 is 0 Å². The van der Waals surface area contributed by atoms with E-state index in [0.29, 0.717) is 18.7 Å². The number of rotatable bonds is 2. The summed E-state index contributed by atoms with van der Waals surface area (Å²) in [4.78, 5) is 24.4. The maximum absolute atomic E-state index is 12.4. The van der Waals surface area contributed by atoms with Gasteiger partial charge in [-0.2, -0.15) is 0 Å². The van der Waals surface area contributed by atoms with Gasteiger partial charge in [0, 0.05) is 36.2 Å². The summed E-state index contributed by atoms with van der Waals surface area (Å²) < 4.78 is 0. The van der Waals surface area contributed by atoms with E-state index in [0.717, 1.165) is 18.4 Å². The van der Waals surface area contributed by atoms with Crippen LogP contribution in [0.2, 0.25) is 0 Å². The number of likely N-dealkylation sites (tertiary alicyclic amines) is 1. The van der Waals surface area contributed by atoms with Crippen molar-refractivity contribution in [2.45, 2.75) is 25.1 Å². The molecule has 1 aliphatic rings. The number of nitro benzene ring substituents is 1. The molecule has 0 aliphatic carbocycles. The maximum Gasteiger partial charge on any atom is 0.270 e. The minimum atomic E-state index is -0.485. The van der Waals surface area contributed by atoms with Gasteiger partial charge in [-0.15, -0.1) is 11.6 Å². The quantitative estimate of drug-likeness (QED) is 0.476. The second-order valence-corrected chi connectivity index (χ2v) is 5.34. The molecular weight excluding hydrogens is 268 g/mol. The lowest BCUT2D eigenvalue weighted by atomic mass is 10.0. The fraction of sp³-hybridized carbons (Fsp3) is 0.462. The first-order chi connectivity index (χ1) is 8.99. The molecule has 102 valence electrons. The highest BCUT2D eigenvalue weighted by Gasteiger charge is 2.24. The highest BCUT2D eigenvalue weighted by molar-refractivity contribution is 6.20. The van der Waals surface area contributed by atoms with Crippen molar-refractivity contribution < 1.29 is 9.72 Å². The highest BCUT2D eigenvalue weighted by atomic mass is 35.5. The molecule has 1 amide bonds. The Balaban J connectivity index is 2.23. The molecule has 1 aromatic carbocycles. The molecule has 6 heteroatoms. The molecule has 5 nitrogen and oxygen atoms in total. The zero-order valence-electron chi connectivity index (χ0n) is 10.6. The second kappa shape index (κ2) is 5.57. The van der Waals surface area contributed by atoms with Crippen molar-refractivity contribution in [3.63, 3.8) is 0 Å². The van der Waals surface area contributed by atoms with Crippen LogP contribution in [0.25, 0.3) is 0 Å². The van der Waals surface area contributed by atoms with E-state index in [-0.39, 0.29) is 17.0 Å². The van der Waals surface area contributed by atoms with Crippen LogP contribution in [0.15, 0.2) is 18.2 Å². The molecule has 0 bridgehead atoms. The number of benzene rings is 1. The van der Waals surface area contributed by atoms with Crippen molar-refractivity contribution in [3.8, 4) is 0 Å². The lowest BCUT2D eigenvalue weighted by Crippen LogP contribution is -2.39. The number of amides is 1. The Morgan fingerprint density at radius 1 is 1.42 bits per heavy atom. The smallest absolute Gasteiger partial charge is 0.270 e. The van der Waals surface area contributed by atoms with Gasteiger partial charge in [0.25, 0.3) is 11.6 Å². The summed E-state index contributed by atoms with van der Waals surface area (Å²) >= 11 is 6.00. The molecule has 1 fully saturated rings. The van der Waals surface area contributed by atoms with Crippen LogP contribution >= 0.6 is 11.6 Å². The van der Waals surface area contributed by atoms with Crippen molar-refractivity contribution >= 4 is 23.2 Å². The third kappa shape index (κ3) is 3.04. The van der Waals surface area contributed by atoms with Gasteiger partial charge < -0.3 is 4.90 Å². The molecule has 1 aliphatic heterocycles. The van der Waals surface area contributed by atoms with Crippen LogP contribution in [0.3, 0.4) is 0 Å². The molecule has 0 aromatic heterocycles. The summed E-state index contributed by atoms with van der Waals surface area (Å²) in [6, 6.07) is 4.38. The molecule has 0 unspecified atom stereocenters. The van der Waals surface area contributed by atoms with E-state index in [4.69, 9.17) is 11.6 Å². The Morgan fingerprint density at radius 2 is 2.05 bits per heavy atom. The molecule has 19 heavy (non-hydrogen) atoms. The van der Waals surface area contributed by atoms with Gasteiger partial charge in [0.05, 0.1) is 4.92 Å². The number of hydrogen-bond acceptors (Lipinski definition) is 3. The van der Waals surface area contributed by atoms with Crippen LogP contribution in [0.5, 0.6) is 0 Å². The largest absolute Gasteiger partial charge is 0.339 e. The standard InChI is InChI=1S/C13H15ClN2O3/c1-9-2-3-11(16(18)19)8-12(9)13(17)15-6-4-10(14)5-7-15/h2-3,8,10H,4-7H2,1H3. The Morgan fingerprint density at radius 3 is 2.63 bits per heavy atom. The first-order valence-electron chi connectivity index (χ1n) is 6.17. The summed E-state index contributed by atoms with van der Waals surface area (Å²) in [7, 11) is 0. The Kier molecular flexibility index (Phi) is 4.04. The minimum absolute atomic E-state index is 0.0545. The first-order valence-corrected chi connectivity index (χ1v) is 6.61. The monoisotopic (exact) mass is 282 g/mol. The Labute approximate surface area is 116 Å². The van der Waals surface area contributed by atoms with Gasteiger partial charge in [-0.1, -0.05) is 6.07 Å². The molecule has 0 N–H and O–H groups in total. The maximum atomic E-state index is 12.4. The van der Waals surface area contributed by atoms with Gasteiger partial charge in [-0.05, 0) is 25.3 Å². The number of nitro groups is 1. The van der Waals surface area contributed by atoms with Crippen LogP contribution in [-0.2, 0) is 0 Å². The van der Waals surface area contributed by atoms with E-state index in [1.165, 1.54) is 12.1 Å². The Hall–Kier alpha value is -1.62. The number of carbonyl (C=O) groups excluding carboxylic acids is 1. The molecular formula is C13H15ClN2O3. The number of alkyl halides is 1. The van der Waals surface area contributed by atoms with Gasteiger partial charge in [0.15, 0.2) is 0 Å². The zero-order chi connectivity index (χ0) is 14.0. The second-order valence-electron chi connectivity index (χ2n) is 4.72. The normalized spacial score (nSPS) is 16.4. The van der Waals surface area contributed by atoms with Crippen LogP contribution < -0.4 is 0 Å². The predicted octanol–water partition coefficient (Wildman–Crippen LogP) is 2.75. The summed E-state index contributed by atoms with van der Waals surface area (Å²) in [6.07, 6.45) is 1.53. The number of piperidine rings is 1. The van der Waals surface area contributed by atoms with Crippen molar-refractivity contribution in [3.05, 3.63) is 39.4 Å². The number of carbonyl (C=O) groups is 1. The van der Waals surface area contributed by atoms with Gasteiger partial charge in [0.2, 0.25) is 0 Å². The van der Waals surface area contributed by atoms with Crippen LogP contribution in [0.4, 0.5) is 5.69 Å². The van der Waals surface area contributed by atoms with E-state index in [2.05, 4.69) is 0 Å². The molecule has 0 atom stereocenters. The fourth-order valence-electron chi connectivity index (χ4n) is 2.18. The van der Waals surface area contributed by atoms with E-state index >= 15 is 0 Å². The molecule has 0 spiro atoms. The van der Waals surface area contributed by atoms with Gasteiger partial charge in [-0.25, -0.2) is 0 Å². The van der Waals surface area contributed by atoms with Gasteiger partial charge in [-0.3, -0.25) is 14.9 Å². The molecule has 0 radical (unpaired) electrons. The number of halogens is 1. The molecule has 1 saturated heterocycles. The summed E-state index contributed by atoms with van der Waals surface area (Å²) in [5.41, 5.74) is 1.10.